The number of guanidine groups is 1. The van der Waals surface area contributed by atoms with Crippen LogP contribution >= 0.6 is 0 Å². The van der Waals surface area contributed by atoms with Gasteiger partial charge in [0.15, 0.2) is 5.96 Å². The number of benzene rings is 1. The van der Waals surface area contributed by atoms with Gasteiger partial charge in [0.25, 0.3) is 0 Å². The molecule has 0 saturated carbocycles. The first-order valence-corrected chi connectivity index (χ1v) is 9.59. The van der Waals surface area contributed by atoms with Crippen LogP contribution in [0.2, 0.25) is 0 Å². The van der Waals surface area contributed by atoms with Gasteiger partial charge in [-0.3, -0.25) is 4.99 Å². The normalized spacial score (nSPS) is 19.2. The summed E-state index contributed by atoms with van der Waals surface area (Å²) in [7, 11) is 0. The van der Waals surface area contributed by atoms with Crippen LogP contribution in [0.5, 0.6) is 0 Å². The molecular formula is C20H33FN4. The third-order valence-corrected chi connectivity index (χ3v) is 4.78. The molecule has 1 aliphatic heterocycles. The van der Waals surface area contributed by atoms with Gasteiger partial charge in [-0.05, 0) is 64.1 Å². The Labute approximate surface area is 151 Å². The van der Waals surface area contributed by atoms with Crippen LogP contribution in [0.3, 0.4) is 0 Å². The molecule has 0 spiro atoms. The van der Waals surface area contributed by atoms with Crippen molar-refractivity contribution in [2.45, 2.75) is 46.1 Å². The van der Waals surface area contributed by atoms with Crippen molar-refractivity contribution in [2.24, 2.45) is 10.9 Å². The number of rotatable bonds is 7. The van der Waals surface area contributed by atoms with Crippen LogP contribution in [0.15, 0.2) is 29.3 Å². The van der Waals surface area contributed by atoms with Gasteiger partial charge < -0.3 is 15.5 Å². The maximum Gasteiger partial charge on any atom is 0.191 e. The summed E-state index contributed by atoms with van der Waals surface area (Å²) < 4.78 is 13.7. The summed E-state index contributed by atoms with van der Waals surface area (Å²) in [5.41, 5.74) is 0.741. The Hall–Kier alpha value is -1.62. The van der Waals surface area contributed by atoms with Crippen molar-refractivity contribution in [3.05, 3.63) is 35.6 Å². The van der Waals surface area contributed by atoms with E-state index in [9.17, 15) is 4.39 Å². The summed E-state index contributed by atoms with van der Waals surface area (Å²) in [6, 6.07) is 7.56. The summed E-state index contributed by atoms with van der Waals surface area (Å²) in [4.78, 5) is 7.30. The SMILES string of the molecule is CCNC(=NCC1CCCN(C(C)C)C1)NCCc1ccccc1F. The highest BCUT2D eigenvalue weighted by Crippen LogP contribution is 2.18. The number of piperidine rings is 1. The highest BCUT2D eigenvalue weighted by molar-refractivity contribution is 5.79. The van der Waals surface area contributed by atoms with Crippen molar-refractivity contribution >= 4 is 5.96 Å². The lowest BCUT2D eigenvalue weighted by Crippen LogP contribution is -2.42. The Balaban J connectivity index is 1.82. The molecule has 1 atom stereocenters. The topological polar surface area (TPSA) is 39.7 Å². The molecule has 2 rings (SSSR count). The maximum absolute atomic E-state index is 13.7. The average Bonchev–Trinajstić information content (AvgIpc) is 2.61. The van der Waals surface area contributed by atoms with E-state index in [2.05, 4.69) is 36.3 Å². The van der Waals surface area contributed by atoms with Gasteiger partial charge in [-0.15, -0.1) is 0 Å². The molecule has 5 heteroatoms. The number of hydrogen-bond donors (Lipinski definition) is 2. The second kappa shape index (κ2) is 10.4. The summed E-state index contributed by atoms with van der Waals surface area (Å²) in [5, 5.41) is 6.62. The lowest BCUT2D eigenvalue weighted by Gasteiger charge is -2.34. The minimum absolute atomic E-state index is 0.137. The van der Waals surface area contributed by atoms with Gasteiger partial charge in [0, 0.05) is 32.2 Å². The monoisotopic (exact) mass is 348 g/mol. The van der Waals surface area contributed by atoms with E-state index in [-0.39, 0.29) is 5.82 Å². The molecule has 0 aliphatic carbocycles. The van der Waals surface area contributed by atoms with Gasteiger partial charge in [0.1, 0.15) is 5.82 Å². The average molecular weight is 349 g/mol. The highest BCUT2D eigenvalue weighted by atomic mass is 19.1. The molecule has 1 saturated heterocycles. The van der Waals surface area contributed by atoms with Crippen molar-refractivity contribution in [1.29, 1.82) is 0 Å². The molecule has 1 aliphatic rings. The smallest absolute Gasteiger partial charge is 0.191 e. The first-order chi connectivity index (χ1) is 12.1. The van der Waals surface area contributed by atoms with Gasteiger partial charge in [0.2, 0.25) is 0 Å². The number of aliphatic imine (C=N–C) groups is 1. The molecular weight excluding hydrogens is 315 g/mol. The minimum atomic E-state index is -0.137. The van der Waals surface area contributed by atoms with Gasteiger partial charge >= 0.3 is 0 Å². The second-order valence-electron chi connectivity index (χ2n) is 7.08. The lowest BCUT2D eigenvalue weighted by atomic mass is 9.97. The Morgan fingerprint density at radius 3 is 2.84 bits per heavy atom. The van der Waals surface area contributed by atoms with Gasteiger partial charge in [-0.2, -0.15) is 0 Å². The van der Waals surface area contributed by atoms with Crippen LogP contribution in [0, 0.1) is 11.7 Å². The van der Waals surface area contributed by atoms with E-state index < -0.39 is 0 Å². The number of nitrogens with one attached hydrogen (secondary N) is 2. The van der Waals surface area contributed by atoms with Crippen LogP contribution < -0.4 is 10.6 Å². The summed E-state index contributed by atoms with van der Waals surface area (Å²) in [6.07, 6.45) is 3.17. The fourth-order valence-corrected chi connectivity index (χ4v) is 3.29. The van der Waals surface area contributed by atoms with E-state index in [0.29, 0.717) is 24.9 Å². The number of likely N-dealkylation sites (tertiary alicyclic amines) is 1. The third-order valence-electron chi connectivity index (χ3n) is 4.78. The van der Waals surface area contributed by atoms with Crippen LogP contribution in [-0.2, 0) is 6.42 Å². The number of nitrogens with zero attached hydrogens (tertiary/aromatic N) is 2. The number of halogens is 1. The molecule has 1 aromatic carbocycles. The predicted octanol–water partition coefficient (Wildman–Crippen LogP) is 3.04. The van der Waals surface area contributed by atoms with Crippen molar-refractivity contribution in [3.8, 4) is 0 Å². The van der Waals surface area contributed by atoms with Crippen LogP contribution in [0.1, 0.15) is 39.2 Å². The zero-order valence-electron chi connectivity index (χ0n) is 15.9. The predicted molar refractivity (Wildman–Crippen MR) is 104 cm³/mol. The minimum Gasteiger partial charge on any atom is -0.357 e. The van der Waals surface area contributed by atoms with Crippen LogP contribution in [0.4, 0.5) is 4.39 Å². The molecule has 25 heavy (non-hydrogen) atoms. The van der Waals surface area contributed by atoms with E-state index in [0.717, 1.165) is 31.2 Å². The zero-order chi connectivity index (χ0) is 18.1. The van der Waals surface area contributed by atoms with Gasteiger partial charge in [-0.25, -0.2) is 4.39 Å². The Morgan fingerprint density at radius 1 is 1.32 bits per heavy atom. The molecule has 1 aromatic rings. The molecule has 1 fully saturated rings. The molecule has 1 unspecified atom stereocenters. The Bertz CT molecular complexity index is 544. The van der Waals surface area contributed by atoms with Crippen molar-refractivity contribution in [3.63, 3.8) is 0 Å². The molecule has 2 N–H and O–H groups in total. The van der Waals surface area contributed by atoms with E-state index in [1.165, 1.54) is 25.5 Å². The van der Waals surface area contributed by atoms with E-state index in [1.807, 2.05) is 12.1 Å². The zero-order valence-corrected chi connectivity index (χ0v) is 15.9. The maximum atomic E-state index is 13.7. The number of hydrogen-bond acceptors (Lipinski definition) is 2. The molecule has 140 valence electrons. The summed E-state index contributed by atoms with van der Waals surface area (Å²) >= 11 is 0. The van der Waals surface area contributed by atoms with E-state index in [4.69, 9.17) is 4.99 Å². The molecule has 0 amide bonds. The van der Waals surface area contributed by atoms with Crippen molar-refractivity contribution in [1.82, 2.24) is 15.5 Å². The quantitative estimate of drug-likeness (QED) is 0.588. The van der Waals surface area contributed by atoms with Crippen molar-refractivity contribution in [2.75, 3.05) is 32.7 Å². The third kappa shape index (κ3) is 6.65. The first-order valence-electron chi connectivity index (χ1n) is 9.59. The molecule has 0 bridgehead atoms. The largest absolute Gasteiger partial charge is 0.357 e. The Kier molecular flexibility index (Phi) is 8.19. The van der Waals surface area contributed by atoms with Gasteiger partial charge in [-0.1, -0.05) is 18.2 Å². The van der Waals surface area contributed by atoms with Crippen LogP contribution in [-0.4, -0.2) is 49.6 Å². The fourth-order valence-electron chi connectivity index (χ4n) is 3.29. The molecule has 0 radical (unpaired) electrons. The Morgan fingerprint density at radius 2 is 2.12 bits per heavy atom. The van der Waals surface area contributed by atoms with Crippen LogP contribution in [0.25, 0.3) is 0 Å². The van der Waals surface area contributed by atoms with Gasteiger partial charge in [0.05, 0.1) is 0 Å². The molecule has 1 heterocycles. The fraction of sp³-hybridized carbons (Fsp3) is 0.650. The second-order valence-corrected chi connectivity index (χ2v) is 7.08. The standard InChI is InChI=1S/C20H33FN4/c1-4-22-20(23-12-11-18-9-5-6-10-19(18)21)24-14-17-8-7-13-25(15-17)16(2)3/h5-6,9-10,16-17H,4,7-8,11-15H2,1-3H3,(H2,22,23,24). The van der Waals surface area contributed by atoms with E-state index >= 15 is 0 Å². The first kappa shape index (κ1) is 19.7. The molecule has 0 aromatic heterocycles. The summed E-state index contributed by atoms with van der Waals surface area (Å²) in [6.45, 7) is 11.3. The molecule has 4 nitrogen and oxygen atoms in total. The van der Waals surface area contributed by atoms with E-state index in [1.54, 1.807) is 6.07 Å². The summed E-state index contributed by atoms with van der Waals surface area (Å²) in [5.74, 6) is 1.32. The lowest BCUT2D eigenvalue weighted by molar-refractivity contribution is 0.143. The van der Waals surface area contributed by atoms with Crippen molar-refractivity contribution < 1.29 is 4.39 Å². The highest BCUT2D eigenvalue weighted by Gasteiger charge is 2.21.